The van der Waals surface area contributed by atoms with Crippen LogP contribution in [0.25, 0.3) is 0 Å². The predicted octanol–water partition coefficient (Wildman–Crippen LogP) is 1.39. The van der Waals surface area contributed by atoms with Crippen molar-refractivity contribution >= 4 is 29.9 Å². The fraction of sp³-hybridized carbons (Fsp3) is 0.929. The lowest BCUT2D eigenvalue weighted by molar-refractivity contribution is -0.0320. The molecule has 0 aromatic carbocycles. The van der Waals surface area contributed by atoms with Crippen LogP contribution in [0.2, 0.25) is 0 Å². The molecular weight excluding hydrogens is 385 g/mol. The Hall–Kier alpha value is -0.120. The summed E-state index contributed by atoms with van der Waals surface area (Å²) in [5, 5.41) is 6.52. The molecule has 1 aliphatic rings. The van der Waals surface area contributed by atoms with Gasteiger partial charge in [-0.1, -0.05) is 0 Å². The highest BCUT2D eigenvalue weighted by molar-refractivity contribution is 14.0. The van der Waals surface area contributed by atoms with Gasteiger partial charge in [0.25, 0.3) is 0 Å². The van der Waals surface area contributed by atoms with Crippen LogP contribution in [0.4, 0.5) is 0 Å². The van der Waals surface area contributed by atoms with E-state index in [4.69, 9.17) is 14.2 Å². The first-order valence-electron chi connectivity index (χ1n) is 7.49. The van der Waals surface area contributed by atoms with E-state index < -0.39 is 0 Å². The third-order valence-corrected chi connectivity index (χ3v) is 3.18. The van der Waals surface area contributed by atoms with Gasteiger partial charge in [-0.15, -0.1) is 24.0 Å². The Bertz CT molecular complexity index is 262. The van der Waals surface area contributed by atoms with Gasteiger partial charge in [0.05, 0.1) is 6.10 Å². The van der Waals surface area contributed by atoms with Crippen LogP contribution in [-0.4, -0.2) is 65.7 Å². The summed E-state index contributed by atoms with van der Waals surface area (Å²) >= 11 is 0. The summed E-state index contributed by atoms with van der Waals surface area (Å²) in [6.45, 7) is 4.96. The second-order valence-corrected chi connectivity index (χ2v) is 4.81. The first kappa shape index (κ1) is 20.9. The Balaban J connectivity index is 0.00000400. The van der Waals surface area contributed by atoms with Gasteiger partial charge in [0.2, 0.25) is 0 Å². The maximum atomic E-state index is 5.81. The molecule has 0 aromatic rings. The highest BCUT2D eigenvalue weighted by atomic mass is 127. The van der Waals surface area contributed by atoms with E-state index in [1.165, 1.54) is 0 Å². The molecule has 126 valence electrons. The molecule has 0 aromatic heterocycles. The van der Waals surface area contributed by atoms with Gasteiger partial charge in [-0.3, -0.25) is 4.99 Å². The standard InChI is InChI=1S/C14H29N3O3.HI/c1-15-14(16-7-3-9-18-2)17-8-4-10-20-13-5-11-19-12-6-13;/h13H,3-12H2,1-2H3,(H2,15,16,17);1H. The molecule has 1 aliphatic heterocycles. The summed E-state index contributed by atoms with van der Waals surface area (Å²) in [5.41, 5.74) is 0. The Morgan fingerprint density at radius 2 is 1.76 bits per heavy atom. The largest absolute Gasteiger partial charge is 0.385 e. The molecule has 0 spiro atoms. The van der Waals surface area contributed by atoms with Crippen molar-refractivity contribution in [2.75, 3.05) is 53.7 Å². The van der Waals surface area contributed by atoms with Gasteiger partial charge >= 0.3 is 0 Å². The van der Waals surface area contributed by atoms with E-state index in [-0.39, 0.29) is 24.0 Å². The normalized spacial score (nSPS) is 16.4. The van der Waals surface area contributed by atoms with Crippen molar-refractivity contribution in [1.82, 2.24) is 10.6 Å². The van der Waals surface area contributed by atoms with Crippen LogP contribution in [0.1, 0.15) is 25.7 Å². The molecule has 1 heterocycles. The molecule has 1 saturated heterocycles. The smallest absolute Gasteiger partial charge is 0.190 e. The fourth-order valence-electron chi connectivity index (χ4n) is 2.02. The number of hydrogen-bond donors (Lipinski definition) is 2. The van der Waals surface area contributed by atoms with Crippen LogP contribution in [-0.2, 0) is 14.2 Å². The molecular formula is C14H30IN3O3. The van der Waals surface area contributed by atoms with Crippen molar-refractivity contribution in [1.29, 1.82) is 0 Å². The van der Waals surface area contributed by atoms with Crippen molar-refractivity contribution in [3.63, 3.8) is 0 Å². The van der Waals surface area contributed by atoms with Crippen LogP contribution in [0, 0.1) is 0 Å². The first-order chi connectivity index (χ1) is 9.86. The molecule has 0 atom stereocenters. The minimum Gasteiger partial charge on any atom is -0.385 e. The molecule has 0 aliphatic carbocycles. The molecule has 0 bridgehead atoms. The average Bonchev–Trinajstić information content (AvgIpc) is 2.50. The van der Waals surface area contributed by atoms with E-state index in [1.54, 1.807) is 14.2 Å². The predicted molar refractivity (Wildman–Crippen MR) is 95.7 cm³/mol. The van der Waals surface area contributed by atoms with Crippen molar-refractivity contribution in [2.45, 2.75) is 31.8 Å². The fourth-order valence-corrected chi connectivity index (χ4v) is 2.02. The number of methoxy groups -OCH3 is 1. The van der Waals surface area contributed by atoms with Crippen molar-refractivity contribution in [3.05, 3.63) is 0 Å². The summed E-state index contributed by atoms with van der Waals surface area (Å²) in [4.78, 5) is 4.17. The molecule has 0 saturated carbocycles. The zero-order valence-corrected chi connectivity index (χ0v) is 15.6. The Kier molecular flexibility index (Phi) is 14.7. The summed E-state index contributed by atoms with van der Waals surface area (Å²) in [7, 11) is 3.50. The lowest BCUT2D eigenvalue weighted by Crippen LogP contribution is -2.38. The summed E-state index contributed by atoms with van der Waals surface area (Å²) in [6, 6.07) is 0. The number of nitrogens with zero attached hydrogens (tertiary/aromatic N) is 1. The van der Waals surface area contributed by atoms with E-state index in [0.717, 1.165) is 71.2 Å². The lowest BCUT2D eigenvalue weighted by Gasteiger charge is -2.22. The van der Waals surface area contributed by atoms with Gasteiger partial charge in [0.1, 0.15) is 0 Å². The van der Waals surface area contributed by atoms with E-state index in [9.17, 15) is 0 Å². The topological polar surface area (TPSA) is 64.1 Å². The number of hydrogen-bond acceptors (Lipinski definition) is 4. The van der Waals surface area contributed by atoms with Gasteiger partial charge in [-0.05, 0) is 25.7 Å². The maximum absolute atomic E-state index is 5.81. The molecule has 1 rings (SSSR count). The zero-order valence-electron chi connectivity index (χ0n) is 13.2. The molecule has 6 nitrogen and oxygen atoms in total. The lowest BCUT2D eigenvalue weighted by atomic mass is 10.1. The Morgan fingerprint density at radius 1 is 1.14 bits per heavy atom. The van der Waals surface area contributed by atoms with Crippen LogP contribution in [0.5, 0.6) is 0 Å². The summed E-state index contributed by atoms with van der Waals surface area (Å²) in [6.07, 6.45) is 4.39. The molecule has 0 radical (unpaired) electrons. The highest BCUT2D eigenvalue weighted by Gasteiger charge is 2.13. The molecule has 21 heavy (non-hydrogen) atoms. The summed E-state index contributed by atoms with van der Waals surface area (Å²) in [5.74, 6) is 0.840. The number of guanidine groups is 1. The van der Waals surface area contributed by atoms with Gasteiger partial charge in [0.15, 0.2) is 5.96 Å². The first-order valence-corrected chi connectivity index (χ1v) is 7.49. The van der Waals surface area contributed by atoms with E-state index in [2.05, 4.69) is 15.6 Å². The van der Waals surface area contributed by atoms with Gasteiger partial charge in [-0.25, -0.2) is 0 Å². The van der Waals surface area contributed by atoms with Crippen molar-refractivity contribution in [2.24, 2.45) is 4.99 Å². The highest BCUT2D eigenvalue weighted by Crippen LogP contribution is 2.10. The van der Waals surface area contributed by atoms with Crippen LogP contribution >= 0.6 is 24.0 Å². The Labute approximate surface area is 145 Å². The molecule has 1 fully saturated rings. The van der Waals surface area contributed by atoms with Crippen molar-refractivity contribution < 1.29 is 14.2 Å². The number of rotatable bonds is 9. The number of nitrogens with one attached hydrogen (secondary N) is 2. The second-order valence-electron chi connectivity index (χ2n) is 4.81. The van der Waals surface area contributed by atoms with Crippen molar-refractivity contribution in [3.8, 4) is 0 Å². The molecule has 0 amide bonds. The molecule has 7 heteroatoms. The molecule has 0 unspecified atom stereocenters. The van der Waals surface area contributed by atoms with Crippen LogP contribution < -0.4 is 10.6 Å². The third kappa shape index (κ3) is 11.1. The monoisotopic (exact) mass is 415 g/mol. The third-order valence-electron chi connectivity index (χ3n) is 3.18. The van der Waals surface area contributed by atoms with Gasteiger partial charge in [0, 0.05) is 53.7 Å². The summed E-state index contributed by atoms with van der Waals surface area (Å²) < 4.78 is 16.1. The minimum absolute atomic E-state index is 0. The number of aliphatic imine (C=N–C) groups is 1. The van der Waals surface area contributed by atoms with Gasteiger partial charge < -0.3 is 24.8 Å². The second kappa shape index (κ2) is 14.8. The van der Waals surface area contributed by atoms with E-state index >= 15 is 0 Å². The van der Waals surface area contributed by atoms with Gasteiger partial charge in [-0.2, -0.15) is 0 Å². The number of ether oxygens (including phenoxy) is 3. The van der Waals surface area contributed by atoms with E-state index in [0.29, 0.717) is 6.10 Å². The maximum Gasteiger partial charge on any atom is 0.190 e. The SMILES string of the molecule is CN=C(NCCCOC)NCCCOC1CCOCC1.I. The molecule has 2 N–H and O–H groups in total. The quantitative estimate of drug-likeness (QED) is 0.258. The minimum atomic E-state index is 0. The Morgan fingerprint density at radius 3 is 2.33 bits per heavy atom. The van der Waals surface area contributed by atoms with E-state index in [1.807, 2.05) is 0 Å². The van der Waals surface area contributed by atoms with Crippen LogP contribution in [0.15, 0.2) is 4.99 Å². The average molecular weight is 415 g/mol. The number of halogens is 1. The zero-order chi connectivity index (χ0) is 14.5. The van der Waals surface area contributed by atoms with Crippen LogP contribution in [0.3, 0.4) is 0 Å².